The maximum absolute atomic E-state index is 3.57. The molecule has 0 radical (unpaired) electrons. The summed E-state index contributed by atoms with van der Waals surface area (Å²) in [4.78, 5) is 0. The van der Waals surface area contributed by atoms with Gasteiger partial charge in [-0.15, -0.1) is 0 Å². The Labute approximate surface area is 121 Å². The fourth-order valence-electron chi connectivity index (χ4n) is 3.52. The molecule has 0 aromatic carbocycles. The number of hydrogen-bond acceptors (Lipinski definition) is 1. The van der Waals surface area contributed by atoms with Crippen molar-refractivity contribution in [1.82, 2.24) is 5.32 Å². The minimum absolute atomic E-state index is 0.451. The van der Waals surface area contributed by atoms with Crippen molar-refractivity contribution in [3.05, 3.63) is 11.6 Å². The van der Waals surface area contributed by atoms with E-state index in [1.807, 2.05) is 0 Å². The first kappa shape index (κ1) is 16.8. The van der Waals surface area contributed by atoms with Gasteiger partial charge in [-0.3, -0.25) is 0 Å². The van der Waals surface area contributed by atoms with Gasteiger partial charge < -0.3 is 5.32 Å². The predicted octanol–water partition coefficient (Wildman–Crippen LogP) is 5.32. The van der Waals surface area contributed by atoms with E-state index in [9.17, 15) is 0 Å². The molecule has 1 nitrogen and oxygen atoms in total. The summed E-state index contributed by atoms with van der Waals surface area (Å²) >= 11 is 0. The zero-order valence-corrected chi connectivity index (χ0v) is 13.9. The van der Waals surface area contributed by atoms with Crippen LogP contribution in [-0.2, 0) is 0 Å². The van der Waals surface area contributed by atoms with E-state index in [1.54, 1.807) is 5.57 Å². The van der Waals surface area contributed by atoms with Crippen molar-refractivity contribution in [3.8, 4) is 0 Å². The van der Waals surface area contributed by atoms with Crippen LogP contribution in [0.5, 0.6) is 0 Å². The molecule has 0 aromatic heterocycles. The zero-order chi connectivity index (χ0) is 14.3. The number of allylic oxidation sites excluding steroid dienone is 1. The molecule has 0 spiro atoms. The Morgan fingerprint density at radius 1 is 1.16 bits per heavy atom. The van der Waals surface area contributed by atoms with Gasteiger partial charge in [0.2, 0.25) is 0 Å². The quantitative estimate of drug-likeness (QED) is 0.664. The van der Waals surface area contributed by atoms with E-state index in [0.717, 1.165) is 5.92 Å². The highest BCUT2D eigenvalue weighted by Crippen LogP contribution is 2.29. The van der Waals surface area contributed by atoms with E-state index in [0.29, 0.717) is 11.5 Å². The summed E-state index contributed by atoms with van der Waals surface area (Å²) in [7, 11) is 2.13. The van der Waals surface area contributed by atoms with E-state index >= 15 is 0 Å². The predicted molar refractivity (Wildman–Crippen MR) is 86.5 cm³/mol. The van der Waals surface area contributed by atoms with Crippen LogP contribution in [0.2, 0.25) is 0 Å². The summed E-state index contributed by atoms with van der Waals surface area (Å²) in [6.07, 6.45) is 13.4. The van der Waals surface area contributed by atoms with Crippen molar-refractivity contribution in [2.24, 2.45) is 11.3 Å². The molecule has 2 unspecified atom stereocenters. The molecule has 0 fully saturated rings. The van der Waals surface area contributed by atoms with Crippen LogP contribution >= 0.6 is 0 Å². The number of nitrogens with one attached hydrogen (secondary N) is 1. The Morgan fingerprint density at radius 3 is 2.47 bits per heavy atom. The van der Waals surface area contributed by atoms with E-state index in [4.69, 9.17) is 0 Å². The molecule has 0 saturated carbocycles. The molecule has 1 rings (SSSR count). The van der Waals surface area contributed by atoms with E-state index in [1.165, 1.54) is 51.4 Å². The molecule has 1 heteroatoms. The largest absolute Gasteiger partial charge is 0.313 e. The smallest absolute Gasteiger partial charge is 0.0279 e. The van der Waals surface area contributed by atoms with Crippen LogP contribution < -0.4 is 5.32 Å². The van der Waals surface area contributed by atoms with E-state index < -0.39 is 0 Å². The van der Waals surface area contributed by atoms with Gasteiger partial charge in [0.1, 0.15) is 0 Å². The lowest BCUT2D eigenvalue weighted by Crippen LogP contribution is -2.30. The van der Waals surface area contributed by atoms with Gasteiger partial charge >= 0.3 is 0 Å². The molecular formula is C18H35N. The fraction of sp³-hybridized carbons (Fsp3) is 0.889. The number of rotatable bonds is 5. The molecule has 0 aliphatic heterocycles. The van der Waals surface area contributed by atoms with Crippen molar-refractivity contribution in [2.45, 2.75) is 85.1 Å². The van der Waals surface area contributed by atoms with Crippen LogP contribution in [0, 0.1) is 11.3 Å². The molecule has 19 heavy (non-hydrogen) atoms. The zero-order valence-electron chi connectivity index (χ0n) is 13.9. The molecule has 2 atom stereocenters. The normalized spacial score (nSPS) is 21.2. The number of likely N-dealkylation sites (N-methyl/N-ethyl adjacent to an activating group) is 1. The van der Waals surface area contributed by atoms with Crippen LogP contribution in [0.4, 0.5) is 0 Å². The van der Waals surface area contributed by atoms with Crippen LogP contribution in [0.25, 0.3) is 0 Å². The Balaban J connectivity index is 2.55. The molecule has 0 amide bonds. The first-order valence-corrected chi connectivity index (χ1v) is 8.28. The third-order valence-electron chi connectivity index (χ3n) is 4.22. The van der Waals surface area contributed by atoms with Crippen molar-refractivity contribution < 1.29 is 0 Å². The Hall–Kier alpha value is -0.300. The van der Waals surface area contributed by atoms with Crippen molar-refractivity contribution in [2.75, 3.05) is 7.05 Å². The van der Waals surface area contributed by atoms with Crippen LogP contribution in [-0.4, -0.2) is 13.1 Å². The van der Waals surface area contributed by atoms with Gasteiger partial charge in [0.15, 0.2) is 0 Å². The molecule has 0 bridgehead atoms. The summed E-state index contributed by atoms with van der Waals surface area (Å²) < 4.78 is 0. The average molecular weight is 265 g/mol. The van der Waals surface area contributed by atoms with Crippen LogP contribution in [0.3, 0.4) is 0 Å². The summed E-state index contributed by atoms with van der Waals surface area (Å²) in [6, 6.07) is 0.607. The van der Waals surface area contributed by atoms with Crippen molar-refractivity contribution in [3.63, 3.8) is 0 Å². The van der Waals surface area contributed by atoms with Gasteiger partial charge in [0.05, 0.1) is 0 Å². The Morgan fingerprint density at radius 2 is 1.84 bits per heavy atom. The molecular weight excluding hydrogens is 230 g/mol. The summed E-state index contributed by atoms with van der Waals surface area (Å²) in [6.45, 7) is 9.48. The highest BCUT2D eigenvalue weighted by Gasteiger charge is 2.20. The molecule has 112 valence electrons. The van der Waals surface area contributed by atoms with Gasteiger partial charge in [-0.1, -0.05) is 52.2 Å². The van der Waals surface area contributed by atoms with Gasteiger partial charge in [-0.2, -0.15) is 0 Å². The highest BCUT2D eigenvalue weighted by atomic mass is 14.9. The summed E-state index contributed by atoms with van der Waals surface area (Å²) in [5.74, 6) is 0.795. The first-order chi connectivity index (χ1) is 8.92. The van der Waals surface area contributed by atoms with Crippen LogP contribution in [0.1, 0.15) is 79.1 Å². The number of hydrogen-bond donors (Lipinski definition) is 1. The second-order valence-electron chi connectivity index (χ2n) is 7.68. The summed E-state index contributed by atoms with van der Waals surface area (Å²) in [5, 5.41) is 3.57. The lowest BCUT2D eigenvalue weighted by atomic mass is 9.81. The minimum Gasteiger partial charge on any atom is -0.313 e. The standard InChI is InChI=1S/C18H35N/c1-15(14-18(2,3)4)13-17(19-5)16-11-9-7-6-8-10-12-16/h11,15,17,19H,6-10,12-14H2,1-5H3. The second-order valence-corrected chi connectivity index (χ2v) is 7.68. The van der Waals surface area contributed by atoms with E-state index in [2.05, 4.69) is 46.1 Å². The molecule has 1 N–H and O–H groups in total. The van der Waals surface area contributed by atoms with Crippen molar-refractivity contribution in [1.29, 1.82) is 0 Å². The monoisotopic (exact) mass is 265 g/mol. The molecule has 0 saturated heterocycles. The van der Waals surface area contributed by atoms with Crippen LogP contribution in [0.15, 0.2) is 11.6 Å². The molecule has 1 aliphatic rings. The molecule has 0 aromatic rings. The minimum atomic E-state index is 0.451. The lowest BCUT2D eigenvalue weighted by Gasteiger charge is -2.28. The average Bonchev–Trinajstić information content (AvgIpc) is 2.23. The third-order valence-corrected chi connectivity index (χ3v) is 4.22. The topological polar surface area (TPSA) is 12.0 Å². The highest BCUT2D eigenvalue weighted by molar-refractivity contribution is 5.11. The third kappa shape index (κ3) is 7.15. The van der Waals surface area contributed by atoms with Gasteiger partial charge in [-0.25, -0.2) is 0 Å². The summed E-state index contributed by atoms with van der Waals surface area (Å²) in [5.41, 5.74) is 2.13. The fourth-order valence-corrected chi connectivity index (χ4v) is 3.52. The maximum atomic E-state index is 3.57. The second kappa shape index (κ2) is 8.09. The Bertz CT molecular complexity index is 272. The van der Waals surface area contributed by atoms with Gasteiger partial charge in [-0.05, 0) is 56.9 Å². The lowest BCUT2D eigenvalue weighted by molar-refractivity contribution is 0.283. The molecule has 1 aliphatic carbocycles. The Kier molecular flexibility index (Phi) is 7.13. The first-order valence-electron chi connectivity index (χ1n) is 8.28. The molecule has 0 heterocycles. The van der Waals surface area contributed by atoms with Gasteiger partial charge in [0.25, 0.3) is 0 Å². The van der Waals surface area contributed by atoms with Crippen molar-refractivity contribution >= 4 is 0 Å². The van der Waals surface area contributed by atoms with Gasteiger partial charge in [0, 0.05) is 6.04 Å². The maximum Gasteiger partial charge on any atom is 0.0279 e. The van der Waals surface area contributed by atoms with E-state index in [-0.39, 0.29) is 0 Å². The SMILES string of the molecule is CNC(CC(C)CC(C)(C)C)C1=CCCCCCC1.